The van der Waals surface area contributed by atoms with E-state index in [4.69, 9.17) is 9.47 Å². The molecule has 82 valence electrons. The van der Waals surface area contributed by atoms with Crippen LogP contribution in [0.3, 0.4) is 0 Å². The van der Waals surface area contributed by atoms with Crippen LogP contribution in [0.2, 0.25) is 0 Å². The predicted octanol–water partition coefficient (Wildman–Crippen LogP) is 3.27. The Hall–Kier alpha value is -0.730. The second-order valence-corrected chi connectivity index (χ2v) is 3.78. The Kier molecular flexibility index (Phi) is 6.20. The van der Waals surface area contributed by atoms with Crippen molar-refractivity contribution < 1.29 is 14.3 Å². The molecule has 3 nitrogen and oxygen atoms in total. The van der Waals surface area contributed by atoms with Crippen molar-refractivity contribution in [2.24, 2.45) is 0 Å². The summed E-state index contributed by atoms with van der Waals surface area (Å²) in [6.45, 7) is 1.03. The maximum atomic E-state index is 10.9. The first kappa shape index (κ1) is 11.3. The predicted molar refractivity (Wildman–Crippen MR) is 54.2 cm³/mol. The molecule has 0 unspecified atom stereocenters. The lowest BCUT2D eigenvalue weighted by Crippen LogP contribution is -2.09. The van der Waals surface area contributed by atoms with Crippen LogP contribution in [-0.2, 0) is 9.47 Å². The smallest absolute Gasteiger partial charge is 0.434 e. The Morgan fingerprint density at radius 1 is 0.643 bits per heavy atom. The van der Waals surface area contributed by atoms with Gasteiger partial charge in [0.2, 0.25) is 0 Å². The molecule has 0 aromatic rings. The number of carbonyl (C=O) groups excluding carboxylic acids is 1. The SMILES string of the molecule is O=C1OCCCCCCCCCCO1. The average Bonchev–Trinajstić information content (AvgIpc) is 2.20. The van der Waals surface area contributed by atoms with Gasteiger partial charge in [-0.2, -0.15) is 0 Å². The van der Waals surface area contributed by atoms with Gasteiger partial charge in [0, 0.05) is 0 Å². The second kappa shape index (κ2) is 7.65. The third kappa shape index (κ3) is 5.84. The number of cyclic esters (lactones) is 2. The normalized spacial score (nSPS) is 22.1. The van der Waals surface area contributed by atoms with Crippen LogP contribution in [0.25, 0.3) is 0 Å². The standard InChI is InChI=1S/C11H20O3/c12-11-13-9-7-5-3-1-2-4-6-8-10-14-11/h1-10H2. The molecule has 0 aromatic carbocycles. The zero-order valence-corrected chi connectivity index (χ0v) is 8.80. The Morgan fingerprint density at radius 2 is 1.00 bits per heavy atom. The third-order valence-electron chi connectivity index (χ3n) is 2.48. The summed E-state index contributed by atoms with van der Waals surface area (Å²) in [6.07, 6.45) is 8.91. The van der Waals surface area contributed by atoms with Gasteiger partial charge in [-0.15, -0.1) is 0 Å². The Morgan fingerprint density at radius 3 is 1.43 bits per heavy atom. The van der Waals surface area contributed by atoms with E-state index in [-0.39, 0.29) is 0 Å². The molecule has 1 saturated heterocycles. The minimum absolute atomic E-state index is 0.496. The molecule has 0 saturated carbocycles. The van der Waals surface area contributed by atoms with E-state index in [2.05, 4.69) is 0 Å². The van der Waals surface area contributed by atoms with Gasteiger partial charge in [0.15, 0.2) is 0 Å². The van der Waals surface area contributed by atoms with Crippen LogP contribution in [0.1, 0.15) is 51.4 Å². The number of rotatable bonds is 0. The fourth-order valence-electron chi connectivity index (χ4n) is 1.62. The lowest BCUT2D eigenvalue weighted by Gasteiger charge is -2.04. The number of hydrogen-bond acceptors (Lipinski definition) is 3. The average molecular weight is 200 g/mol. The van der Waals surface area contributed by atoms with E-state index in [9.17, 15) is 4.79 Å². The third-order valence-corrected chi connectivity index (χ3v) is 2.48. The van der Waals surface area contributed by atoms with Gasteiger partial charge in [0.1, 0.15) is 0 Å². The van der Waals surface area contributed by atoms with Crippen LogP contribution < -0.4 is 0 Å². The maximum absolute atomic E-state index is 10.9. The van der Waals surface area contributed by atoms with Crippen molar-refractivity contribution >= 4 is 6.16 Å². The number of hydrogen-bond donors (Lipinski definition) is 0. The van der Waals surface area contributed by atoms with Gasteiger partial charge in [-0.25, -0.2) is 4.79 Å². The lowest BCUT2D eigenvalue weighted by atomic mass is 10.1. The van der Waals surface area contributed by atoms with E-state index < -0.39 is 6.16 Å². The summed E-state index contributed by atoms with van der Waals surface area (Å²) in [5, 5.41) is 0. The first-order chi connectivity index (χ1) is 6.89. The molecule has 0 atom stereocenters. The van der Waals surface area contributed by atoms with Gasteiger partial charge in [-0.3, -0.25) is 0 Å². The minimum Gasteiger partial charge on any atom is -0.434 e. The molecular weight excluding hydrogens is 180 g/mol. The molecule has 0 aromatic heterocycles. The van der Waals surface area contributed by atoms with Crippen molar-refractivity contribution in [1.82, 2.24) is 0 Å². The van der Waals surface area contributed by atoms with E-state index in [1.807, 2.05) is 0 Å². The molecule has 1 fully saturated rings. The molecule has 1 heterocycles. The molecule has 0 amide bonds. The van der Waals surface area contributed by atoms with Gasteiger partial charge in [0.05, 0.1) is 13.2 Å². The van der Waals surface area contributed by atoms with E-state index in [1.54, 1.807) is 0 Å². The van der Waals surface area contributed by atoms with Gasteiger partial charge < -0.3 is 9.47 Å². The summed E-state index contributed by atoms with van der Waals surface area (Å²) in [6, 6.07) is 0. The molecule has 1 rings (SSSR count). The lowest BCUT2D eigenvalue weighted by molar-refractivity contribution is 0.0532. The summed E-state index contributed by atoms with van der Waals surface area (Å²) in [5.74, 6) is 0. The fraction of sp³-hybridized carbons (Fsp3) is 0.909. The van der Waals surface area contributed by atoms with Crippen LogP contribution >= 0.6 is 0 Å². The molecule has 14 heavy (non-hydrogen) atoms. The summed E-state index contributed by atoms with van der Waals surface area (Å²) >= 11 is 0. The van der Waals surface area contributed by atoms with Crippen molar-refractivity contribution in [3.8, 4) is 0 Å². The molecule has 1 aliphatic heterocycles. The minimum atomic E-state index is -0.496. The second-order valence-electron chi connectivity index (χ2n) is 3.78. The summed E-state index contributed by atoms with van der Waals surface area (Å²) in [4.78, 5) is 10.9. The first-order valence-corrected chi connectivity index (χ1v) is 5.69. The van der Waals surface area contributed by atoms with Crippen LogP contribution in [0.5, 0.6) is 0 Å². The number of ether oxygens (including phenoxy) is 2. The highest BCUT2D eigenvalue weighted by molar-refractivity contribution is 5.59. The van der Waals surface area contributed by atoms with Crippen LogP contribution in [0.15, 0.2) is 0 Å². The number of carbonyl (C=O) groups is 1. The Balaban J connectivity index is 2.15. The van der Waals surface area contributed by atoms with Gasteiger partial charge in [-0.05, 0) is 12.8 Å². The van der Waals surface area contributed by atoms with Crippen LogP contribution in [0.4, 0.5) is 4.79 Å². The van der Waals surface area contributed by atoms with E-state index in [1.165, 1.54) is 25.7 Å². The van der Waals surface area contributed by atoms with Crippen molar-refractivity contribution in [1.29, 1.82) is 0 Å². The zero-order chi connectivity index (χ0) is 10.1. The highest BCUT2D eigenvalue weighted by atomic mass is 16.7. The van der Waals surface area contributed by atoms with Crippen LogP contribution in [-0.4, -0.2) is 19.4 Å². The molecule has 1 aliphatic rings. The van der Waals surface area contributed by atoms with Crippen LogP contribution in [0, 0.1) is 0 Å². The first-order valence-electron chi connectivity index (χ1n) is 5.69. The van der Waals surface area contributed by atoms with Crippen molar-refractivity contribution in [2.45, 2.75) is 51.4 Å². The molecule has 3 heteroatoms. The molecular formula is C11H20O3. The maximum Gasteiger partial charge on any atom is 0.508 e. The van der Waals surface area contributed by atoms with Crippen molar-refractivity contribution in [3.05, 3.63) is 0 Å². The zero-order valence-electron chi connectivity index (χ0n) is 8.80. The largest absolute Gasteiger partial charge is 0.508 e. The molecule has 0 bridgehead atoms. The van der Waals surface area contributed by atoms with E-state index in [0.717, 1.165) is 25.7 Å². The highest BCUT2D eigenvalue weighted by Gasteiger charge is 2.03. The quantitative estimate of drug-likeness (QED) is 0.563. The summed E-state index contributed by atoms with van der Waals surface area (Å²) in [5.41, 5.74) is 0. The van der Waals surface area contributed by atoms with E-state index in [0.29, 0.717) is 13.2 Å². The van der Waals surface area contributed by atoms with Crippen molar-refractivity contribution in [3.63, 3.8) is 0 Å². The Labute approximate surface area is 85.8 Å². The van der Waals surface area contributed by atoms with Gasteiger partial charge in [0.25, 0.3) is 0 Å². The molecule has 0 radical (unpaired) electrons. The van der Waals surface area contributed by atoms with Crippen molar-refractivity contribution in [2.75, 3.05) is 13.2 Å². The molecule has 0 spiro atoms. The van der Waals surface area contributed by atoms with Gasteiger partial charge >= 0.3 is 6.16 Å². The molecule has 0 N–H and O–H groups in total. The summed E-state index contributed by atoms with van der Waals surface area (Å²) in [7, 11) is 0. The molecule has 0 aliphatic carbocycles. The van der Waals surface area contributed by atoms with Gasteiger partial charge in [-0.1, -0.05) is 38.5 Å². The highest BCUT2D eigenvalue weighted by Crippen LogP contribution is 2.09. The Bertz CT molecular complexity index is 141. The monoisotopic (exact) mass is 200 g/mol. The fourth-order valence-corrected chi connectivity index (χ4v) is 1.62. The van der Waals surface area contributed by atoms with E-state index >= 15 is 0 Å². The topological polar surface area (TPSA) is 35.5 Å². The summed E-state index contributed by atoms with van der Waals surface area (Å²) < 4.78 is 9.79.